The molecule has 0 spiro atoms. The molecule has 188 valence electrons. The molecule has 9 nitrogen and oxygen atoms in total. The molecule has 0 aliphatic carbocycles. The minimum Gasteiger partial charge on any atom is -0.494 e. The largest absolute Gasteiger partial charge is 0.494 e. The van der Waals surface area contributed by atoms with Crippen molar-refractivity contribution in [1.82, 2.24) is 25.5 Å². The number of nitrogens with one attached hydrogen (secondary N) is 3. The first-order valence-electron chi connectivity index (χ1n) is 12.0. The van der Waals surface area contributed by atoms with Crippen molar-refractivity contribution < 1.29 is 14.3 Å². The fraction of sp³-hybridized carbons (Fsp3) is 0.333. The van der Waals surface area contributed by atoms with Crippen LogP contribution in [0.5, 0.6) is 11.5 Å². The lowest BCUT2D eigenvalue weighted by molar-refractivity contribution is -0.124. The van der Waals surface area contributed by atoms with E-state index in [9.17, 15) is 4.79 Å². The Balaban J connectivity index is 1.66. The Morgan fingerprint density at radius 3 is 2.53 bits per heavy atom. The van der Waals surface area contributed by atoms with Gasteiger partial charge in [0.05, 0.1) is 12.1 Å². The molecule has 2 aromatic carbocycles. The molecule has 2 aromatic heterocycles. The van der Waals surface area contributed by atoms with Gasteiger partial charge in [0.15, 0.2) is 18.2 Å². The molecule has 4 rings (SSSR count). The highest BCUT2D eigenvalue weighted by atomic mass is 16.5. The fourth-order valence-corrected chi connectivity index (χ4v) is 3.64. The summed E-state index contributed by atoms with van der Waals surface area (Å²) in [6, 6.07) is 15.1. The molecule has 0 fully saturated rings. The van der Waals surface area contributed by atoms with Gasteiger partial charge in [-0.2, -0.15) is 5.10 Å². The Hall–Kier alpha value is -4.14. The van der Waals surface area contributed by atoms with Gasteiger partial charge < -0.3 is 20.1 Å². The molecule has 0 unspecified atom stereocenters. The molecule has 9 heteroatoms. The van der Waals surface area contributed by atoms with Crippen molar-refractivity contribution in [3.05, 3.63) is 54.2 Å². The van der Waals surface area contributed by atoms with Gasteiger partial charge in [-0.1, -0.05) is 19.1 Å². The van der Waals surface area contributed by atoms with Gasteiger partial charge in [0, 0.05) is 28.2 Å². The van der Waals surface area contributed by atoms with Crippen LogP contribution in [0.3, 0.4) is 0 Å². The number of nitrogens with zero attached hydrogens (tertiary/aromatic N) is 3. The topological polar surface area (TPSA) is 114 Å². The monoisotopic (exact) mass is 488 g/mol. The predicted molar refractivity (Wildman–Crippen MR) is 141 cm³/mol. The molecular formula is C27H32N6O3. The van der Waals surface area contributed by atoms with Crippen LogP contribution in [0.4, 0.5) is 11.6 Å². The van der Waals surface area contributed by atoms with E-state index in [-0.39, 0.29) is 18.1 Å². The summed E-state index contributed by atoms with van der Waals surface area (Å²) in [6.45, 7) is 10.3. The maximum absolute atomic E-state index is 12.2. The summed E-state index contributed by atoms with van der Waals surface area (Å²) in [6.07, 6.45) is 0.847. The van der Waals surface area contributed by atoms with Crippen LogP contribution in [0.2, 0.25) is 0 Å². The highest BCUT2D eigenvalue weighted by Gasteiger charge is 2.15. The van der Waals surface area contributed by atoms with Crippen molar-refractivity contribution in [2.24, 2.45) is 0 Å². The number of rotatable bonds is 9. The molecule has 2 heterocycles. The maximum Gasteiger partial charge on any atom is 0.258 e. The van der Waals surface area contributed by atoms with E-state index in [2.05, 4.69) is 27.8 Å². The average Bonchev–Trinajstić information content (AvgIpc) is 3.30. The predicted octanol–water partition coefficient (Wildman–Crippen LogP) is 5.02. The van der Waals surface area contributed by atoms with Crippen molar-refractivity contribution >= 4 is 28.4 Å². The normalized spacial score (nSPS) is 11.4. The number of hydrogen-bond acceptors (Lipinski definition) is 7. The molecule has 0 aliphatic rings. The summed E-state index contributed by atoms with van der Waals surface area (Å²) in [5.74, 6) is 2.91. The van der Waals surface area contributed by atoms with Crippen LogP contribution >= 0.6 is 0 Å². The van der Waals surface area contributed by atoms with Crippen LogP contribution in [0.15, 0.2) is 48.5 Å². The van der Waals surface area contributed by atoms with E-state index < -0.39 is 0 Å². The number of H-pyrrole nitrogens is 1. The summed E-state index contributed by atoms with van der Waals surface area (Å²) >= 11 is 0. The van der Waals surface area contributed by atoms with Gasteiger partial charge in [-0.3, -0.25) is 9.89 Å². The SMILES string of the molecule is CCOc1ccc2nc(-c3cccc(OCC(=O)NC(C)(C)C)c3)nc(Nc3cc(CC)[nH]n3)c2c1. The quantitative estimate of drug-likeness (QED) is 0.303. The number of carbonyl (C=O) groups excluding carboxylic acids is 1. The van der Waals surface area contributed by atoms with E-state index in [0.29, 0.717) is 29.8 Å². The van der Waals surface area contributed by atoms with Gasteiger partial charge in [-0.15, -0.1) is 0 Å². The average molecular weight is 489 g/mol. The third kappa shape index (κ3) is 6.29. The smallest absolute Gasteiger partial charge is 0.258 e. The van der Waals surface area contributed by atoms with Crippen LogP contribution < -0.4 is 20.1 Å². The zero-order chi connectivity index (χ0) is 25.7. The van der Waals surface area contributed by atoms with Crippen LogP contribution in [0.25, 0.3) is 22.3 Å². The zero-order valence-corrected chi connectivity index (χ0v) is 21.3. The Morgan fingerprint density at radius 1 is 1.00 bits per heavy atom. The molecule has 0 saturated heterocycles. The summed E-state index contributed by atoms with van der Waals surface area (Å²) in [5, 5.41) is 14.4. The fourth-order valence-electron chi connectivity index (χ4n) is 3.64. The molecule has 0 atom stereocenters. The summed E-state index contributed by atoms with van der Waals surface area (Å²) in [7, 11) is 0. The molecule has 0 saturated carbocycles. The van der Waals surface area contributed by atoms with E-state index in [4.69, 9.17) is 19.4 Å². The number of amides is 1. The maximum atomic E-state index is 12.2. The van der Waals surface area contributed by atoms with Crippen LogP contribution in [-0.4, -0.2) is 44.8 Å². The Kier molecular flexibility index (Phi) is 7.38. The number of anilines is 2. The van der Waals surface area contributed by atoms with E-state index in [1.165, 1.54) is 0 Å². The lowest BCUT2D eigenvalue weighted by atomic mass is 10.1. The van der Waals surface area contributed by atoms with Crippen LogP contribution in [0, 0.1) is 0 Å². The Bertz CT molecular complexity index is 1360. The Labute approximate surface area is 210 Å². The second kappa shape index (κ2) is 10.6. The molecule has 1 amide bonds. The van der Waals surface area contributed by atoms with Crippen LogP contribution in [0.1, 0.15) is 40.3 Å². The second-order valence-electron chi connectivity index (χ2n) is 9.38. The second-order valence-corrected chi connectivity index (χ2v) is 9.38. The third-order valence-corrected chi connectivity index (χ3v) is 5.21. The number of hydrogen-bond donors (Lipinski definition) is 3. The minimum absolute atomic E-state index is 0.0781. The van der Waals surface area contributed by atoms with Crippen molar-refractivity contribution in [1.29, 1.82) is 0 Å². The number of ether oxygens (including phenoxy) is 2. The first kappa shape index (κ1) is 25.0. The van der Waals surface area contributed by atoms with E-state index in [1.54, 1.807) is 6.07 Å². The molecule has 4 aromatic rings. The first-order valence-corrected chi connectivity index (χ1v) is 12.0. The number of benzene rings is 2. The van der Waals surface area contributed by atoms with E-state index in [0.717, 1.165) is 34.3 Å². The highest BCUT2D eigenvalue weighted by Crippen LogP contribution is 2.31. The zero-order valence-electron chi connectivity index (χ0n) is 21.3. The van der Waals surface area contributed by atoms with Gasteiger partial charge in [0.25, 0.3) is 5.91 Å². The molecule has 0 radical (unpaired) electrons. The van der Waals surface area contributed by atoms with Gasteiger partial charge in [0.1, 0.15) is 17.3 Å². The van der Waals surface area contributed by atoms with Crippen molar-refractivity contribution in [3.63, 3.8) is 0 Å². The number of aromatic amines is 1. The number of aromatic nitrogens is 4. The molecule has 0 aliphatic heterocycles. The van der Waals surface area contributed by atoms with Crippen molar-refractivity contribution in [2.75, 3.05) is 18.5 Å². The van der Waals surface area contributed by atoms with Gasteiger partial charge in [-0.05, 0) is 64.4 Å². The van der Waals surface area contributed by atoms with Gasteiger partial charge >= 0.3 is 0 Å². The first-order chi connectivity index (χ1) is 17.2. The summed E-state index contributed by atoms with van der Waals surface area (Å²) < 4.78 is 11.4. The standard InChI is InChI=1S/C27H32N6O3/c1-6-18-14-23(33-32-18)29-26-21-15-20(35-7-2)11-12-22(21)28-25(30-26)17-9-8-10-19(13-17)36-16-24(34)31-27(3,4)5/h8-15H,6-7,16H2,1-5H3,(H,31,34)(H2,28,29,30,32,33). The highest BCUT2D eigenvalue weighted by molar-refractivity contribution is 5.93. The van der Waals surface area contributed by atoms with Gasteiger partial charge in [-0.25, -0.2) is 9.97 Å². The molecule has 36 heavy (non-hydrogen) atoms. The van der Waals surface area contributed by atoms with E-state index >= 15 is 0 Å². The van der Waals surface area contributed by atoms with Crippen molar-refractivity contribution in [2.45, 2.75) is 46.6 Å². The third-order valence-electron chi connectivity index (χ3n) is 5.21. The minimum atomic E-state index is -0.321. The summed E-state index contributed by atoms with van der Waals surface area (Å²) in [4.78, 5) is 21.8. The molecule has 0 bridgehead atoms. The lowest BCUT2D eigenvalue weighted by Gasteiger charge is -2.20. The van der Waals surface area contributed by atoms with Gasteiger partial charge in [0.2, 0.25) is 0 Å². The van der Waals surface area contributed by atoms with Crippen molar-refractivity contribution in [3.8, 4) is 22.9 Å². The summed E-state index contributed by atoms with van der Waals surface area (Å²) in [5.41, 5.74) is 2.22. The molecule has 3 N–H and O–H groups in total. The number of carbonyl (C=O) groups is 1. The molecular weight excluding hydrogens is 456 g/mol. The lowest BCUT2D eigenvalue weighted by Crippen LogP contribution is -2.43. The Morgan fingerprint density at radius 2 is 1.81 bits per heavy atom. The van der Waals surface area contributed by atoms with E-state index in [1.807, 2.05) is 70.2 Å². The van der Waals surface area contributed by atoms with Crippen LogP contribution in [-0.2, 0) is 11.2 Å². The number of aryl methyl sites for hydroxylation is 1. The number of fused-ring (bicyclic) bond motifs is 1.